The molecule has 0 fully saturated rings. The van der Waals surface area contributed by atoms with E-state index < -0.39 is 11.9 Å². The average molecular weight is 215 g/mol. The highest BCUT2D eigenvalue weighted by Crippen LogP contribution is 1.97. The number of nitrogens with zero attached hydrogens (tertiary/aromatic N) is 3. The monoisotopic (exact) mass is 215 g/mol. The van der Waals surface area contributed by atoms with Crippen LogP contribution in [-0.2, 0) is 0 Å². The highest BCUT2D eigenvalue weighted by atomic mass is 32.1. The van der Waals surface area contributed by atoms with Gasteiger partial charge in [0.05, 0.1) is 6.04 Å². The van der Waals surface area contributed by atoms with Gasteiger partial charge in [0.25, 0.3) is 5.91 Å². The first-order chi connectivity index (χ1) is 6.65. The fourth-order valence-corrected chi connectivity index (χ4v) is 1.13. The van der Waals surface area contributed by atoms with Gasteiger partial charge in [0.1, 0.15) is 0 Å². The Hall–Kier alpha value is -1.70. The molecule has 0 saturated carbocycles. The van der Waals surface area contributed by atoms with Crippen molar-refractivity contribution in [1.82, 2.24) is 14.9 Å². The molecular formula is C6H9N5O2S. The Bertz CT molecular complexity index is 336. The van der Waals surface area contributed by atoms with Crippen molar-refractivity contribution in [3.8, 4) is 0 Å². The molecule has 1 heterocycles. The Morgan fingerprint density at radius 1 is 1.86 bits per heavy atom. The van der Waals surface area contributed by atoms with Crippen LogP contribution in [0.1, 0.15) is 17.4 Å². The summed E-state index contributed by atoms with van der Waals surface area (Å²) in [5.41, 5.74) is 5.49. The van der Waals surface area contributed by atoms with Crippen molar-refractivity contribution >= 4 is 23.3 Å². The molecule has 0 aromatic carbocycles. The second kappa shape index (κ2) is 4.51. The second-order valence-corrected chi connectivity index (χ2v) is 3.12. The van der Waals surface area contributed by atoms with Crippen LogP contribution in [0.4, 0.5) is 0 Å². The molecule has 8 heteroatoms. The van der Waals surface area contributed by atoms with Crippen molar-refractivity contribution in [3.05, 3.63) is 11.1 Å². The van der Waals surface area contributed by atoms with Crippen molar-refractivity contribution in [1.29, 1.82) is 0 Å². The first-order valence-electron chi connectivity index (χ1n) is 3.70. The van der Waals surface area contributed by atoms with Gasteiger partial charge in [0, 0.05) is 5.38 Å². The predicted molar refractivity (Wildman–Crippen MR) is 50.2 cm³/mol. The van der Waals surface area contributed by atoms with Crippen LogP contribution < -0.4 is 11.1 Å². The number of nitrogens with two attached hydrogens (primary N) is 1. The van der Waals surface area contributed by atoms with Crippen molar-refractivity contribution in [2.45, 2.75) is 13.0 Å². The van der Waals surface area contributed by atoms with E-state index in [9.17, 15) is 4.79 Å². The first-order valence-corrected chi connectivity index (χ1v) is 4.54. The van der Waals surface area contributed by atoms with E-state index in [1.54, 1.807) is 6.92 Å². The molecule has 1 atom stereocenters. The van der Waals surface area contributed by atoms with Crippen molar-refractivity contribution in [3.63, 3.8) is 0 Å². The Morgan fingerprint density at radius 3 is 3.07 bits per heavy atom. The van der Waals surface area contributed by atoms with Gasteiger partial charge in [0.15, 0.2) is 11.5 Å². The van der Waals surface area contributed by atoms with E-state index in [2.05, 4.69) is 20.1 Å². The molecule has 14 heavy (non-hydrogen) atoms. The van der Waals surface area contributed by atoms with Gasteiger partial charge in [0.2, 0.25) is 0 Å². The topological polar surface area (TPSA) is 113 Å². The quantitative estimate of drug-likeness (QED) is 0.270. The lowest BCUT2D eigenvalue weighted by atomic mass is 10.3. The van der Waals surface area contributed by atoms with Crippen LogP contribution in [0.15, 0.2) is 10.5 Å². The van der Waals surface area contributed by atoms with E-state index >= 15 is 0 Å². The number of amidine groups is 1. The molecule has 0 saturated heterocycles. The summed E-state index contributed by atoms with van der Waals surface area (Å²) in [7, 11) is 0. The normalized spacial score (nSPS) is 13.6. The summed E-state index contributed by atoms with van der Waals surface area (Å²) in [6.07, 6.45) is 0. The summed E-state index contributed by atoms with van der Waals surface area (Å²) >= 11 is 1.08. The number of aromatic nitrogens is 2. The van der Waals surface area contributed by atoms with Gasteiger partial charge in [-0.15, -0.1) is 5.10 Å². The molecule has 0 aliphatic carbocycles. The molecule has 1 unspecified atom stereocenters. The summed E-state index contributed by atoms with van der Waals surface area (Å²) in [5, 5.41) is 18.7. The van der Waals surface area contributed by atoms with Gasteiger partial charge < -0.3 is 16.3 Å². The zero-order chi connectivity index (χ0) is 10.6. The van der Waals surface area contributed by atoms with Gasteiger partial charge in [-0.25, -0.2) is 0 Å². The van der Waals surface area contributed by atoms with Crippen LogP contribution in [-0.4, -0.2) is 32.6 Å². The lowest BCUT2D eigenvalue weighted by molar-refractivity contribution is 0.0943. The lowest BCUT2D eigenvalue weighted by Crippen LogP contribution is -2.42. The number of oxime groups is 1. The Kier molecular flexibility index (Phi) is 3.35. The molecule has 0 radical (unpaired) electrons. The third-order valence-corrected chi connectivity index (χ3v) is 2.00. The number of hydrogen-bond acceptors (Lipinski definition) is 6. The first kappa shape index (κ1) is 10.4. The van der Waals surface area contributed by atoms with Crippen LogP contribution in [0, 0.1) is 0 Å². The molecule has 1 amide bonds. The third-order valence-electron chi connectivity index (χ3n) is 1.50. The summed E-state index contributed by atoms with van der Waals surface area (Å²) in [5.74, 6) is -0.473. The van der Waals surface area contributed by atoms with Gasteiger partial charge in [-0.2, -0.15) is 0 Å². The minimum Gasteiger partial charge on any atom is -0.409 e. The highest BCUT2D eigenvalue weighted by molar-refractivity contribution is 7.03. The molecular weight excluding hydrogens is 206 g/mol. The van der Waals surface area contributed by atoms with Gasteiger partial charge in [-0.1, -0.05) is 9.64 Å². The molecule has 0 bridgehead atoms. The number of carbonyl (C=O) groups excluding carboxylic acids is 1. The third kappa shape index (κ3) is 2.39. The van der Waals surface area contributed by atoms with E-state index in [1.807, 2.05) is 0 Å². The van der Waals surface area contributed by atoms with Crippen molar-refractivity contribution in [2.24, 2.45) is 10.9 Å². The molecule has 76 valence electrons. The molecule has 0 aliphatic rings. The predicted octanol–water partition coefficient (Wildman–Crippen LogP) is -0.597. The number of hydrogen-bond donors (Lipinski definition) is 3. The minimum atomic E-state index is -0.547. The van der Waals surface area contributed by atoms with Gasteiger partial charge in [-0.05, 0) is 18.5 Å². The number of amides is 1. The van der Waals surface area contributed by atoms with E-state index in [-0.39, 0.29) is 11.5 Å². The summed E-state index contributed by atoms with van der Waals surface area (Å²) < 4.78 is 3.54. The molecule has 4 N–H and O–H groups in total. The van der Waals surface area contributed by atoms with Crippen molar-refractivity contribution in [2.75, 3.05) is 0 Å². The van der Waals surface area contributed by atoms with Crippen LogP contribution in [0.5, 0.6) is 0 Å². The van der Waals surface area contributed by atoms with Crippen molar-refractivity contribution < 1.29 is 10.0 Å². The molecule has 1 aromatic rings. The SMILES string of the molecule is CC(NC(=O)c1csnn1)C(N)=NO. The minimum absolute atomic E-state index is 0.0680. The number of carbonyl (C=O) groups is 1. The maximum atomic E-state index is 11.3. The molecule has 7 nitrogen and oxygen atoms in total. The lowest BCUT2D eigenvalue weighted by Gasteiger charge is -2.10. The maximum absolute atomic E-state index is 11.3. The summed E-state index contributed by atoms with van der Waals surface area (Å²) in [6, 6.07) is -0.547. The highest BCUT2D eigenvalue weighted by Gasteiger charge is 2.14. The van der Waals surface area contributed by atoms with Crippen LogP contribution in [0.25, 0.3) is 0 Å². The maximum Gasteiger partial charge on any atom is 0.273 e. The fourth-order valence-electron chi connectivity index (χ4n) is 0.695. The van der Waals surface area contributed by atoms with E-state index in [1.165, 1.54) is 5.38 Å². The number of rotatable bonds is 3. The Labute approximate surface area is 83.8 Å². The number of nitrogens with one attached hydrogen (secondary N) is 1. The largest absolute Gasteiger partial charge is 0.409 e. The smallest absolute Gasteiger partial charge is 0.273 e. The molecule has 0 aliphatic heterocycles. The van der Waals surface area contributed by atoms with Crippen LogP contribution in [0.2, 0.25) is 0 Å². The van der Waals surface area contributed by atoms with E-state index in [0.29, 0.717) is 0 Å². The van der Waals surface area contributed by atoms with Crippen LogP contribution in [0.3, 0.4) is 0 Å². The van der Waals surface area contributed by atoms with Gasteiger partial charge in [-0.3, -0.25) is 4.79 Å². The van der Waals surface area contributed by atoms with Gasteiger partial charge >= 0.3 is 0 Å². The second-order valence-electron chi connectivity index (χ2n) is 2.51. The summed E-state index contributed by atoms with van der Waals surface area (Å²) in [4.78, 5) is 11.3. The zero-order valence-electron chi connectivity index (χ0n) is 7.34. The summed E-state index contributed by atoms with van der Waals surface area (Å²) in [6.45, 7) is 1.59. The molecule has 1 aromatic heterocycles. The molecule has 1 rings (SSSR count). The molecule has 0 spiro atoms. The average Bonchev–Trinajstić information content (AvgIpc) is 2.69. The standard InChI is InChI=1S/C6H9N5O2S/c1-3(5(7)10-13)8-6(12)4-2-14-11-9-4/h2-3,13H,1H3,(H2,7,10)(H,8,12). The van der Waals surface area contributed by atoms with Crippen LogP contribution >= 0.6 is 11.5 Å². The Morgan fingerprint density at radius 2 is 2.57 bits per heavy atom. The zero-order valence-corrected chi connectivity index (χ0v) is 8.15. The fraction of sp³-hybridized carbons (Fsp3) is 0.333. The van der Waals surface area contributed by atoms with E-state index in [4.69, 9.17) is 10.9 Å². The Balaban J connectivity index is 2.58. The van der Waals surface area contributed by atoms with E-state index in [0.717, 1.165) is 11.5 Å².